The number of aromatic nitrogens is 1. The lowest BCUT2D eigenvalue weighted by molar-refractivity contribution is -0.384. The summed E-state index contributed by atoms with van der Waals surface area (Å²) in [4.78, 5) is 34.4. The van der Waals surface area contributed by atoms with Crippen LogP contribution in [0.2, 0.25) is 0 Å². The quantitative estimate of drug-likeness (QED) is 0.466. The third kappa shape index (κ3) is 4.25. The molecule has 0 aliphatic heterocycles. The highest BCUT2D eigenvalue weighted by atomic mass is 79.9. The van der Waals surface area contributed by atoms with Crippen LogP contribution in [-0.4, -0.2) is 15.4 Å². The third-order valence-electron chi connectivity index (χ3n) is 4.11. The minimum absolute atomic E-state index is 0.146. The van der Waals surface area contributed by atoms with E-state index in [1.54, 1.807) is 0 Å². The molecule has 0 spiro atoms. The van der Waals surface area contributed by atoms with Crippen LogP contribution in [0.3, 0.4) is 0 Å². The second-order valence-electron chi connectivity index (χ2n) is 6.04. The molecular formula is C18H16BrN3O5. The molecule has 3 aromatic rings. The molecule has 0 unspecified atom stereocenters. The molecule has 0 saturated carbocycles. The Hall–Kier alpha value is -2.94. The molecule has 0 radical (unpaired) electrons. The Labute approximate surface area is 162 Å². The van der Waals surface area contributed by atoms with Crippen molar-refractivity contribution in [2.45, 2.75) is 26.3 Å². The monoisotopic (exact) mass is 433 g/mol. The van der Waals surface area contributed by atoms with Crippen LogP contribution in [0.5, 0.6) is 0 Å². The minimum atomic E-state index is -0.602. The molecule has 8 nitrogen and oxygen atoms in total. The number of nitrogens with zero attached hydrogens (tertiary/aromatic N) is 2. The van der Waals surface area contributed by atoms with Crippen molar-refractivity contribution in [1.82, 2.24) is 4.57 Å². The fraction of sp³-hybridized carbons (Fsp3) is 0.222. The van der Waals surface area contributed by atoms with E-state index >= 15 is 0 Å². The Morgan fingerprint density at radius 3 is 2.78 bits per heavy atom. The van der Waals surface area contributed by atoms with E-state index in [-0.39, 0.29) is 30.1 Å². The average Bonchev–Trinajstić information content (AvgIpc) is 2.92. The third-order valence-corrected chi connectivity index (χ3v) is 4.60. The van der Waals surface area contributed by atoms with Crippen molar-refractivity contribution in [3.05, 3.63) is 67.1 Å². The summed E-state index contributed by atoms with van der Waals surface area (Å²) in [5, 5.41) is 13.7. The van der Waals surface area contributed by atoms with Crippen LogP contribution in [0.25, 0.3) is 11.1 Å². The lowest BCUT2D eigenvalue weighted by Gasteiger charge is -2.09. The lowest BCUT2D eigenvalue weighted by Crippen LogP contribution is -2.17. The van der Waals surface area contributed by atoms with Crippen LogP contribution in [-0.2, 0) is 11.3 Å². The highest BCUT2D eigenvalue weighted by Crippen LogP contribution is 2.21. The van der Waals surface area contributed by atoms with Gasteiger partial charge in [-0.05, 0) is 43.2 Å². The van der Waals surface area contributed by atoms with Crippen molar-refractivity contribution in [3.63, 3.8) is 0 Å². The molecule has 0 fully saturated rings. The molecule has 0 aliphatic carbocycles. The standard InChI is InChI=1S/C18H16BrN3O5/c1-11-9-12(19)4-6-14(11)20-17(23)3-2-8-21-15-7-5-13(22(25)26)10-16(15)27-18(21)24/h4-7,9-10H,2-3,8H2,1H3,(H,20,23). The van der Waals surface area contributed by atoms with E-state index < -0.39 is 10.7 Å². The first kappa shape index (κ1) is 18.8. The first-order chi connectivity index (χ1) is 12.8. The zero-order valence-corrected chi connectivity index (χ0v) is 16.0. The van der Waals surface area contributed by atoms with Crippen LogP contribution in [0.15, 0.2) is 50.1 Å². The second kappa shape index (κ2) is 7.75. The van der Waals surface area contributed by atoms with Crippen molar-refractivity contribution >= 4 is 44.3 Å². The number of halogens is 1. The van der Waals surface area contributed by atoms with Gasteiger partial charge in [0.15, 0.2) is 5.58 Å². The molecule has 27 heavy (non-hydrogen) atoms. The summed E-state index contributed by atoms with van der Waals surface area (Å²) in [5.74, 6) is -0.758. The molecule has 9 heteroatoms. The number of amides is 1. The van der Waals surface area contributed by atoms with Gasteiger partial charge in [0, 0.05) is 29.2 Å². The number of carbonyl (C=O) groups is 1. The zero-order valence-electron chi connectivity index (χ0n) is 14.4. The number of benzene rings is 2. The van der Waals surface area contributed by atoms with Gasteiger partial charge in [-0.1, -0.05) is 15.9 Å². The molecule has 1 heterocycles. The van der Waals surface area contributed by atoms with E-state index in [9.17, 15) is 19.7 Å². The summed E-state index contributed by atoms with van der Waals surface area (Å²) in [6, 6.07) is 9.58. The number of nitro groups is 1. The van der Waals surface area contributed by atoms with Crippen LogP contribution >= 0.6 is 15.9 Å². The van der Waals surface area contributed by atoms with E-state index in [1.165, 1.54) is 22.8 Å². The summed E-state index contributed by atoms with van der Waals surface area (Å²) in [6.45, 7) is 2.17. The normalized spacial score (nSPS) is 10.9. The van der Waals surface area contributed by atoms with Gasteiger partial charge in [0.1, 0.15) is 0 Å². The maximum absolute atomic E-state index is 12.1. The number of fused-ring (bicyclic) bond motifs is 1. The molecule has 3 rings (SSSR count). The van der Waals surface area contributed by atoms with E-state index in [4.69, 9.17) is 4.42 Å². The smallest absolute Gasteiger partial charge is 0.407 e. The second-order valence-corrected chi connectivity index (χ2v) is 6.96. The van der Waals surface area contributed by atoms with Gasteiger partial charge in [-0.25, -0.2) is 4.79 Å². The van der Waals surface area contributed by atoms with Crippen LogP contribution in [0.1, 0.15) is 18.4 Å². The molecule has 0 atom stereocenters. The summed E-state index contributed by atoms with van der Waals surface area (Å²) >= 11 is 3.37. The highest BCUT2D eigenvalue weighted by molar-refractivity contribution is 9.10. The Morgan fingerprint density at radius 1 is 1.30 bits per heavy atom. The molecule has 0 bridgehead atoms. The summed E-state index contributed by atoms with van der Waals surface area (Å²) in [7, 11) is 0. The highest BCUT2D eigenvalue weighted by Gasteiger charge is 2.14. The van der Waals surface area contributed by atoms with Crippen LogP contribution in [0.4, 0.5) is 11.4 Å². The summed E-state index contributed by atoms with van der Waals surface area (Å²) < 4.78 is 7.37. The topological polar surface area (TPSA) is 107 Å². The van der Waals surface area contributed by atoms with Crippen LogP contribution in [0, 0.1) is 17.0 Å². The lowest BCUT2D eigenvalue weighted by atomic mass is 10.2. The first-order valence-electron chi connectivity index (χ1n) is 8.19. The number of rotatable bonds is 6. The molecule has 1 amide bonds. The average molecular weight is 434 g/mol. The maximum Gasteiger partial charge on any atom is 0.419 e. The van der Waals surface area contributed by atoms with Crippen molar-refractivity contribution in [2.75, 3.05) is 5.32 Å². The van der Waals surface area contributed by atoms with Crippen molar-refractivity contribution < 1.29 is 14.1 Å². The number of carbonyl (C=O) groups excluding carboxylic acids is 1. The van der Waals surface area contributed by atoms with Gasteiger partial charge < -0.3 is 9.73 Å². The Bertz CT molecular complexity index is 1090. The summed E-state index contributed by atoms with van der Waals surface area (Å²) in [5.41, 5.74) is 2.16. The fourth-order valence-corrected chi connectivity index (χ4v) is 3.23. The predicted molar refractivity (Wildman–Crippen MR) is 104 cm³/mol. The van der Waals surface area contributed by atoms with Gasteiger partial charge in [0.05, 0.1) is 16.5 Å². The van der Waals surface area contributed by atoms with E-state index in [0.717, 1.165) is 15.7 Å². The molecule has 0 aliphatic rings. The van der Waals surface area contributed by atoms with Crippen molar-refractivity contribution in [1.29, 1.82) is 0 Å². The number of anilines is 1. The van der Waals surface area contributed by atoms with Crippen molar-refractivity contribution in [3.8, 4) is 0 Å². The van der Waals surface area contributed by atoms with Gasteiger partial charge >= 0.3 is 5.76 Å². The minimum Gasteiger partial charge on any atom is -0.407 e. The largest absolute Gasteiger partial charge is 0.419 e. The van der Waals surface area contributed by atoms with E-state index in [0.29, 0.717) is 11.9 Å². The number of aryl methyl sites for hydroxylation is 2. The Morgan fingerprint density at radius 2 is 2.07 bits per heavy atom. The number of non-ortho nitro benzene ring substituents is 1. The first-order valence-corrected chi connectivity index (χ1v) is 8.98. The van der Waals surface area contributed by atoms with Gasteiger partial charge in [-0.2, -0.15) is 0 Å². The fourth-order valence-electron chi connectivity index (χ4n) is 2.76. The van der Waals surface area contributed by atoms with E-state index in [1.807, 2.05) is 25.1 Å². The maximum atomic E-state index is 12.1. The summed E-state index contributed by atoms with van der Waals surface area (Å²) in [6.07, 6.45) is 0.647. The molecule has 2 aromatic carbocycles. The molecule has 1 aromatic heterocycles. The number of hydrogen-bond acceptors (Lipinski definition) is 5. The van der Waals surface area contributed by atoms with Crippen molar-refractivity contribution in [2.24, 2.45) is 0 Å². The number of hydrogen-bond donors (Lipinski definition) is 1. The SMILES string of the molecule is Cc1cc(Br)ccc1NC(=O)CCCn1c(=O)oc2cc([N+](=O)[O-])ccc21. The number of nitro benzene ring substituents is 1. The van der Waals surface area contributed by atoms with Gasteiger partial charge in [0.25, 0.3) is 5.69 Å². The Kier molecular flexibility index (Phi) is 5.41. The van der Waals surface area contributed by atoms with E-state index in [2.05, 4.69) is 21.2 Å². The van der Waals surface area contributed by atoms with Gasteiger partial charge in [0.2, 0.25) is 5.91 Å². The number of oxazole rings is 1. The molecule has 1 N–H and O–H groups in total. The Balaban J connectivity index is 1.65. The van der Waals surface area contributed by atoms with Gasteiger partial charge in [-0.3, -0.25) is 19.5 Å². The molecule has 140 valence electrons. The van der Waals surface area contributed by atoms with Gasteiger partial charge in [-0.15, -0.1) is 0 Å². The number of nitrogens with one attached hydrogen (secondary N) is 1. The van der Waals surface area contributed by atoms with Crippen LogP contribution < -0.4 is 11.1 Å². The zero-order chi connectivity index (χ0) is 19.6. The molecule has 0 saturated heterocycles. The molecular weight excluding hydrogens is 418 g/mol. The predicted octanol–water partition coefficient (Wildman–Crippen LogP) is 3.99.